The van der Waals surface area contributed by atoms with Gasteiger partial charge in [-0.1, -0.05) is 29.3 Å². The molecule has 1 aromatic heterocycles. The molecule has 6 heteroatoms. The van der Waals surface area contributed by atoms with Gasteiger partial charge in [-0.2, -0.15) is 0 Å². The molecular formula is C16H13Cl2N3O. The molecule has 0 atom stereocenters. The Hall–Kier alpha value is -2.01. The Kier molecular flexibility index (Phi) is 4.07. The fraction of sp³-hybridized carbons (Fsp3) is 0.0625. The minimum atomic E-state index is -0.0628. The van der Waals surface area contributed by atoms with Crippen LogP contribution in [-0.4, -0.2) is 4.57 Å². The van der Waals surface area contributed by atoms with E-state index in [4.69, 9.17) is 29.0 Å². The number of nitrogen functional groups attached to an aromatic ring is 1. The van der Waals surface area contributed by atoms with E-state index in [0.717, 1.165) is 16.6 Å². The third-order valence-corrected chi connectivity index (χ3v) is 4.22. The minimum Gasteiger partial charge on any atom is -0.324 e. The second kappa shape index (κ2) is 6.01. The van der Waals surface area contributed by atoms with Gasteiger partial charge >= 0.3 is 0 Å². The van der Waals surface area contributed by atoms with E-state index < -0.39 is 0 Å². The third kappa shape index (κ3) is 2.81. The van der Waals surface area contributed by atoms with E-state index in [9.17, 15) is 4.79 Å². The monoisotopic (exact) mass is 333 g/mol. The maximum Gasteiger partial charge on any atom is 0.258 e. The number of hydrogen-bond donors (Lipinski definition) is 2. The highest BCUT2D eigenvalue weighted by molar-refractivity contribution is 6.42. The lowest BCUT2D eigenvalue weighted by molar-refractivity contribution is 0.768. The van der Waals surface area contributed by atoms with Gasteiger partial charge in [-0.3, -0.25) is 10.6 Å². The molecule has 0 aliphatic heterocycles. The Morgan fingerprint density at radius 1 is 1.05 bits per heavy atom. The first-order valence-corrected chi connectivity index (χ1v) is 7.38. The summed E-state index contributed by atoms with van der Waals surface area (Å²) in [5.41, 5.74) is 4.18. The standard InChI is InChI=1S/C16H13Cl2N3O/c17-14-4-1-10(7-15(14)18)9-21-6-5-11-8-12(20-19)2-3-13(11)16(21)22/h1-8,20H,9,19H2. The number of nitrogens with zero attached hydrogens (tertiary/aromatic N) is 1. The van der Waals surface area contributed by atoms with Crippen molar-refractivity contribution in [1.29, 1.82) is 0 Å². The predicted molar refractivity (Wildman–Crippen MR) is 91.6 cm³/mol. The van der Waals surface area contributed by atoms with Gasteiger partial charge < -0.3 is 9.99 Å². The molecule has 0 aliphatic carbocycles. The van der Waals surface area contributed by atoms with Crippen molar-refractivity contribution in [2.24, 2.45) is 5.84 Å². The molecule has 0 radical (unpaired) electrons. The summed E-state index contributed by atoms with van der Waals surface area (Å²) in [6.07, 6.45) is 1.76. The summed E-state index contributed by atoms with van der Waals surface area (Å²) in [6.45, 7) is 0.433. The average Bonchev–Trinajstić information content (AvgIpc) is 2.53. The number of anilines is 1. The first-order valence-electron chi connectivity index (χ1n) is 6.62. The van der Waals surface area contributed by atoms with Crippen molar-refractivity contribution in [3.8, 4) is 0 Å². The number of benzene rings is 2. The largest absolute Gasteiger partial charge is 0.324 e. The summed E-state index contributed by atoms with van der Waals surface area (Å²) in [7, 11) is 0. The molecule has 1 heterocycles. The lowest BCUT2D eigenvalue weighted by atomic mass is 10.1. The molecule has 112 valence electrons. The summed E-state index contributed by atoms with van der Waals surface area (Å²) >= 11 is 11.9. The van der Waals surface area contributed by atoms with Crippen LogP contribution < -0.4 is 16.8 Å². The van der Waals surface area contributed by atoms with Crippen molar-refractivity contribution in [1.82, 2.24) is 4.57 Å². The Labute approximate surface area is 137 Å². The number of nitrogens with one attached hydrogen (secondary N) is 1. The fourth-order valence-corrected chi connectivity index (χ4v) is 2.66. The highest BCUT2D eigenvalue weighted by atomic mass is 35.5. The average molecular weight is 334 g/mol. The van der Waals surface area contributed by atoms with E-state index in [1.807, 2.05) is 18.2 Å². The van der Waals surface area contributed by atoms with Gasteiger partial charge in [-0.15, -0.1) is 0 Å². The Bertz CT molecular complexity index is 906. The summed E-state index contributed by atoms with van der Waals surface area (Å²) in [4.78, 5) is 12.5. The van der Waals surface area contributed by atoms with E-state index >= 15 is 0 Å². The molecule has 0 saturated carbocycles. The zero-order valence-electron chi connectivity index (χ0n) is 11.5. The molecule has 3 N–H and O–H groups in total. The van der Waals surface area contributed by atoms with E-state index in [0.29, 0.717) is 22.0 Å². The second-order valence-electron chi connectivity index (χ2n) is 4.94. The molecule has 4 nitrogen and oxygen atoms in total. The van der Waals surface area contributed by atoms with Crippen LogP contribution in [0.15, 0.2) is 53.5 Å². The van der Waals surface area contributed by atoms with Crippen molar-refractivity contribution < 1.29 is 0 Å². The summed E-state index contributed by atoms with van der Waals surface area (Å²) < 4.78 is 1.64. The highest BCUT2D eigenvalue weighted by Gasteiger charge is 2.06. The van der Waals surface area contributed by atoms with Gasteiger partial charge in [0.05, 0.1) is 16.6 Å². The van der Waals surface area contributed by atoms with Crippen molar-refractivity contribution in [2.75, 3.05) is 5.43 Å². The van der Waals surface area contributed by atoms with Crippen LogP contribution in [0.5, 0.6) is 0 Å². The number of pyridine rings is 1. The Morgan fingerprint density at radius 3 is 2.59 bits per heavy atom. The first kappa shape index (κ1) is 14.9. The predicted octanol–water partition coefficient (Wildman–Crippen LogP) is 3.64. The van der Waals surface area contributed by atoms with Gasteiger partial charge in [0.25, 0.3) is 5.56 Å². The lowest BCUT2D eigenvalue weighted by Gasteiger charge is -2.09. The third-order valence-electron chi connectivity index (χ3n) is 3.48. The van der Waals surface area contributed by atoms with E-state index in [1.54, 1.807) is 35.0 Å². The number of hydrogen-bond acceptors (Lipinski definition) is 3. The molecule has 3 aromatic rings. The maximum atomic E-state index is 12.5. The van der Waals surface area contributed by atoms with Crippen LogP contribution in [0, 0.1) is 0 Å². The van der Waals surface area contributed by atoms with Crippen LogP contribution in [-0.2, 0) is 6.54 Å². The van der Waals surface area contributed by atoms with Gasteiger partial charge in [-0.05, 0) is 47.3 Å². The number of fused-ring (bicyclic) bond motifs is 1. The van der Waals surface area contributed by atoms with Crippen LogP contribution >= 0.6 is 23.2 Å². The van der Waals surface area contributed by atoms with Crippen molar-refractivity contribution >= 4 is 39.7 Å². The van der Waals surface area contributed by atoms with Crippen molar-refractivity contribution in [3.05, 3.63) is 74.6 Å². The molecule has 22 heavy (non-hydrogen) atoms. The number of hydrazine groups is 1. The van der Waals surface area contributed by atoms with Gasteiger partial charge in [0, 0.05) is 17.3 Å². The number of aromatic nitrogens is 1. The topological polar surface area (TPSA) is 60.0 Å². The molecule has 3 rings (SSSR count). The normalized spacial score (nSPS) is 10.9. The maximum absolute atomic E-state index is 12.5. The van der Waals surface area contributed by atoms with Gasteiger partial charge in [-0.25, -0.2) is 0 Å². The molecule has 0 saturated heterocycles. The zero-order chi connectivity index (χ0) is 15.7. The molecule has 0 unspecified atom stereocenters. The van der Waals surface area contributed by atoms with Crippen LogP contribution in [0.3, 0.4) is 0 Å². The van der Waals surface area contributed by atoms with Crippen LogP contribution in [0.4, 0.5) is 5.69 Å². The number of nitrogens with two attached hydrogens (primary N) is 1. The summed E-state index contributed by atoms with van der Waals surface area (Å²) in [5, 5.41) is 2.46. The SMILES string of the molecule is NNc1ccc2c(=O)n(Cc3ccc(Cl)c(Cl)c3)ccc2c1. The number of halogens is 2. The molecule has 0 amide bonds. The fourth-order valence-electron chi connectivity index (χ4n) is 2.34. The zero-order valence-corrected chi connectivity index (χ0v) is 13.0. The van der Waals surface area contributed by atoms with Crippen LogP contribution in [0.2, 0.25) is 10.0 Å². The highest BCUT2D eigenvalue weighted by Crippen LogP contribution is 2.23. The van der Waals surface area contributed by atoms with Crippen molar-refractivity contribution in [3.63, 3.8) is 0 Å². The van der Waals surface area contributed by atoms with Crippen molar-refractivity contribution in [2.45, 2.75) is 6.54 Å². The molecule has 0 aliphatic rings. The quantitative estimate of drug-likeness (QED) is 0.568. The smallest absolute Gasteiger partial charge is 0.258 e. The Balaban J connectivity index is 2.02. The molecule has 0 spiro atoms. The van der Waals surface area contributed by atoms with Crippen LogP contribution in [0.1, 0.15) is 5.56 Å². The van der Waals surface area contributed by atoms with E-state index in [1.165, 1.54) is 0 Å². The van der Waals surface area contributed by atoms with Crippen LogP contribution in [0.25, 0.3) is 10.8 Å². The first-order chi connectivity index (χ1) is 10.6. The van der Waals surface area contributed by atoms with Gasteiger partial charge in [0.15, 0.2) is 0 Å². The minimum absolute atomic E-state index is 0.0628. The van der Waals surface area contributed by atoms with Gasteiger partial charge in [0.2, 0.25) is 0 Å². The molecule has 0 bridgehead atoms. The molecule has 2 aromatic carbocycles. The molecule has 0 fully saturated rings. The lowest BCUT2D eigenvalue weighted by Crippen LogP contribution is -2.20. The summed E-state index contributed by atoms with van der Waals surface area (Å²) in [6, 6.07) is 12.6. The van der Waals surface area contributed by atoms with E-state index in [2.05, 4.69) is 5.43 Å². The second-order valence-corrected chi connectivity index (χ2v) is 5.76. The van der Waals surface area contributed by atoms with Gasteiger partial charge in [0.1, 0.15) is 0 Å². The number of rotatable bonds is 3. The van der Waals surface area contributed by atoms with E-state index in [-0.39, 0.29) is 5.56 Å². The Morgan fingerprint density at radius 2 is 1.86 bits per heavy atom. The molecular weight excluding hydrogens is 321 g/mol. The summed E-state index contributed by atoms with van der Waals surface area (Å²) in [5.74, 6) is 5.38.